The first-order valence-electron chi connectivity index (χ1n) is 11.3. The molecular formula is C26H35FO2. The minimum Gasteiger partial charge on any atom is -0.352 e. The van der Waals surface area contributed by atoms with E-state index in [2.05, 4.69) is 26.0 Å². The fourth-order valence-electron chi connectivity index (χ4n) is 3.97. The number of aryl methyl sites for hydroxylation is 2. The number of hydrogen-bond donors (Lipinski definition) is 0. The van der Waals surface area contributed by atoms with E-state index in [1.165, 1.54) is 31.2 Å². The Kier molecular flexibility index (Phi) is 8.69. The van der Waals surface area contributed by atoms with Crippen LogP contribution in [0.15, 0.2) is 42.5 Å². The SMILES string of the molecule is CCCCCC1COC(CCc2ccc(-c3ccc(CCC)cc3F)cc2)OC1. The minimum atomic E-state index is -0.138. The van der Waals surface area contributed by atoms with Gasteiger partial charge in [0, 0.05) is 17.9 Å². The fourth-order valence-corrected chi connectivity index (χ4v) is 3.97. The van der Waals surface area contributed by atoms with E-state index in [1.54, 1.807) is 6.07 Å². The number of hydrogen-bond acceptors (Lipinski definition) is 2. The molecule has 0 saturated carbocycles. The molecule has 0 aromatic heterocycles. The Labute approximate surface area is 175 Å². The van der Waals surface area contributed by atoms with Crippen molar-refractivity contribution < 1.29 is 13.9 Å². The van der Waals surface area contributed by atoms with E-state index in [1.807, 2.05) is 24.3 Å². The van der Waals surface area contributed by atoms with Crippen LogP contribution in [0.1, 0.15) is 63.5 Å². The van der Waals surface area contributed by atoms with E-state index >= 15 is 0 Å². The molecule has 1 saturated heterocycles. The van der Waals surface area contributed by atoms with Crippen molar-refractivity contribution in [2.24, 2.45) is 5.92 Å². The van der Waals surface area contributed by atoms with Gasteiger partial charge in [0.1, 0.15) is 5.82 Å². The molecule has 1 aliphatic heterocycles. The molecule has 1 heterocycles. The predicted octanol–water partition coefficient (Wildman–Crippen LogP) is 6.95. The van der Waals surface area contributed by atoms with Gasteiger partial charge in [-0.15, -0.1) is 0 Å². The van der Waals surface area contributed by atoms with E-state index in [4.69, 9.17) is 9.47 Å². The smallest absolute Gasteiger partial charge is 0.157 e. The van der Waals surface area contributed by atoms with Gasteiger partial charge in [0.15, 0.2) is 6.29 Å². The summed E-state index contributed by atoms with van der Waals surface area (Å²) in [5.41, 5.74) is 3.89. The van der Waals surface area contributed by atoms with Gasteiger partial charge in [0.25, 0.3) is 0 Å². The van der Waals surface area contributed by atoms with Crippen LogP contribution in [0.5, 0.6) is 0 Å². The fraction of sp³-hybridized carbons (Fsp3) is 0.538. The molecule has 0 amide bonds. The second kappa shape index (κ2) is 11.5. The van der Waals surface area contributed by atoms with Gasteiger partial charge >= 0.3 is 0 Å². The third-order valence-corrected chi connectivity index (χ3v) is 5.76. The highest BCUT2D eigenvalue weighted by molar-refractivity contribution is 5.64. The second-order valence-electron chi connectivity index (χ2n) is 8.26. The Morgan fingerprint density at radius 1 is 0.828 bits per heavy atom. The zero-order chi connectivity index (χ0) is 20.5. The summed E-state index contributed by atoms with van der Waals surface area (Å²) in [6, 6.07) is 13.8. The summed E-state index contributed by atoms with van der Waals surface area (Å²) in [7, 11) is 0. The number of rotatable bonds is 10. The molecule has 0 spiro atoms. The Balaban J connectivity index is 1.47. The quantitative estimate of drug-likeness (QED) is 0.403. The molecule has 0 unspecified atom stereocenters. The molecule has 0 aliphatic carbocycles. The highest BCUT2D eigenvalue weighted by Crippen LogP contribution is 2.25. The molecule has 0 radical (unpaired) electrons. The summed E-state index contributed by atoms with van der Waals surface area (Å²) in [6.45, 7) is 5.98. The van der Waals surface area contributed by atoms with E-state index in [0.29, 0.717) is 11.5 Å². The number of benzene rings is 2. The summed E-state index contributed by atoms with van der Waals surface area (Å²) in [6.07, 6.45) is 8.65. The Hall–Kier alpha value is -1.71. The van der Waals surface area contributed by atoms with Crippen LogP contribution in [0, 0.1) is 11.7 Å². The molecule has 2 aromatic rings. The number of unbranched alkanes of at least 4 members (excludes halogenated alkanes) is 2. The first-order valence-corrected chi connectivity index (χ1v) is 11.3. The lowest BCUT2D eigenvalue weighted by Crippen LogP contribution is -2.32. The Bertz CT molecular complexity index is 733. The predicted molar refractivity (Wildman–Crippen MR) is 117 cm³/mol. The lowest BCUT2D eigenvalue weighted by molar-refractivity contribution is -0.203. The zero-order valence-corrected chi connectivity index (χ0v) is 18.0. The topological polar surface area (TPSA) is 18.5 Å². The van der Waals surface area contributed by atoms with Crippen LogP contribution in [0.25, 0.3) is 11.1 Å². The molecule has 0 bridgehead atoms. The van der Waals surface area contributed by atoms with Crippen molar-refractivity contribution in [2.75, 3.05) is 13.2 Å². The van der Waals surface area contributed by atoms with Crippen molar-refractivity contribution in [3.05, 3.63) is 59.4 Å². The molecule has 3 heteroatoms. The first-order chi connectivity index (χ1) is 14.2. The van der Waals surface area contributed by atoms with Crippen LogP contribution in [-0.4, -0.2) is 19.5 Å². The average Bonchev–Trinajstić information content (AvgIpc) is 2.74. The van der Waals surface area contributed by atoms with Crippen LogP contribution in [0.3, 0.4) is 0 Å². The highest BCUT2D eigenvalue weighted by Gasteiger charge is 2.21. The second-order valence-corrected chi connectivity index (χ2v) is 8.26. The summed E-state index contributed by atoms with van der Waals surface area (Å²) >= 11 is 0. The highest BCUT2D eigenvalue weighted by atomic mass is 19.1. The average molecular weight is 399 g/mol. The standard InChI is InChI=1S/C26H35FO2/c1-3-5-6-8-22-18-28-26(29-19-22)16-12-20-9-13-23(14-10-20)24-15-11-21(7-4-2)17-25(24)27/h9-11,13-15,17,22,26H,3-8,12,16,18-19H2,1-2H3. The summed E-state index contributed by atoms with van der Waals surface area (Å²) in [5.74, 6) is 0.414. The van der Waals surface area contributed by atoms with Gasteiger partial charge in [-0.05, 0) is 42.0 Å². The van der Waals surface area contributed by atoms with Gasteiger partial charge in [-0.25, -0.2) is 4.39 Å². The largest absolute Gasteiger partial charge is 0.352 e. The zero-order valence-electron chi connectivity index (χ0n) is 18.0. The van der Waals surface area contributed by atoms with Crippen molar-refractivity contribution >= 4 is 0 Å². The van der Waals surface area contributed by atoms with E-state index in [0.717, 1.165) is 50.0 Å². The molecule has 2 nitrogen and oxygen atoms in total. The van der Waals surface area contributed by atoms with Crippen molar-refractivity contribution in [2.45, 2.75) is 71.5 Å². The number of ether oxygens (including phenoxy) is 2. The van der Waals surface area contributed by atoms with E-state index < -0.39 is 0 Å². The maximum Gasteiger partial charge on any atom is 0.157 e. The van der Waals surface area contributed by atoms with Crippen molar-refractivity contribution in [3.8, 4) is 11.1 Å². The molecule has 0 N–H and O–H groups in total. The van der Waals surface area contributed by atoms with Crippen molar-refractivity contribution in [3.63, 3.8) is 0 Å². The summed E-state index contributed by atoms with van der Waals surface area (Å²) in [5, 5.41) is 0. The van der Waals surface area contributed by atoms with Crippen LogP contribution in [0.2, 0.25) is 0 Å². The summed E-state index contributed by atoms with van der Waals surface area (Å²) in [4.78, 5) is 0. The van der Waals surface area contributed by atoms with Gasteiger partial charge in [0.05, 0.1) is 13.2 Å². The molecular weight excluding hydrogens is 363 g/mol. The van der Waals surface area contributed by atoms with Crippen LogP contribution in [-0.2, 0) is 22.3 Å². The van der Waals surface area contributed by atoms with Gasteiger partial charge in [0.2, 0.25) is 0 Å². The van der Waals surface area contributed by atoms with Crippen LogP contribution >= 0.6 is 0 Å². The van der Waals surface area contributed by atoms with Crippen LogP contribution < -0.4 is 0 Å². The maximum atomic E-state index is 14.4. The third-order valence-electron chi connectivity index (χ3n) is 5.76. The monoisotopic (exact) mass is 398 g/mol. The Morgan fingerprint density at radius 3 is 2.21 bits per heavy atom. The lowest BCUT2D eigenvalue weighted by Gasteiger charge is -2.29. The van der Waals surface area contributed by atoms with Crippen molar-refractivity contribution in [1.82, 2.24) is 0 Å². The van der Waals surface area contributed by atoms with Gasteiger partial charge in [-0.3, -0.25) is 0 Å². The summed E-state index contributed by atoms with van der Waals surface area (Å²) < 4.78 is 26.3. The molecule has 0 atom stereocenters. The van der Waals surface area contributed by atoms with Gasteiger partial charge in [-0.2, -0.15) is 0 Å². The third kappa shape index (κ3) is 6.65. The molecule has 29 heavy (non-hydrogen) atoms. The minimum absolute atomic E-state index is 0.0966. The first kappa shape index (κ1) is 22.0. The van der Waals surface area contributed by atoms with E-state index in [-0.39, 0.29) is 12.1 Å². The normalized spacial score (nSPS) is 19.4. The molecule has 2 aromatic carbocycles. The van der Waals surface area contributed by atoms with Gasteiger partial charge < -0.3 is 9.47 Å². The molecule has 1 fully saturated rings. The van der Waals surface area contributed by atoms with Crippen molar-refractivity contribution in [1.29, 1.82) is 0 Å². The maximum absolute atomic E-state index is 14.4. The molecule has 158 valence electrons. The lowest BCUT2D eigenvalue weighted by atomic mass is 9.99. The van der Waals surface area contributed by atoms with Crippen LogP contribution in [0.4, 0.5) is 4.39 Å². The van der Waals surface area contributed by atoms with Gasteiger partial charge in [-0.1, -0.05) is 75.9 Å². The molecule has 1 aliphatic rings. The number of halogens is 1. The Morgan fingerprint density at radius 2 is 1.55 bits per heavy atom. The van der Waals surface area contributed by atoms with E-state index in [9.17, 15) is 4.39 Å². The molecule has 3 rings (SSSR count).